The molecule has 3 aromatic rings. The second-order valence-corrected chi connectivity index (χ2v) is 8.85. The van der Waals surface area contributed by atoms with Gasteiger partial charge in [-0.25, -0.2) is 9.97 Å². The molecule has 2 aliphatic rings. The zero-order valence-electron chi connectivity index (χ0n) is 18.8. The summed E-state index contributed by atoms with van der Waals surface area (Å²) in [5.74, 6) is 0.934. The molecular weight excluding hydrogens is 416 g/mol. The maximum absolute atomic E-state index is 12.8. The average Bonchev–Trinajstić information content (AvgIpc) is 3.55. The largest absolute Gasteiger partial charge is 0.395 e. The van der Waals surface area contributed by atoms with Crippen LogP contribution < -0.4 is 10.2 Å². The number of amides is 1. The molecule has 1 atom stereocenters. The number of para-hydroxylation sites is 1. The molecule has 0 saturated carbocycles. The zero-order chi connectivity index (χ0) is 22.6. The van der Waals surface area contributed by atoms with Crippen LogP contribution in [0, 0.1) is 0 Å². The van der Waals surface area contributed by atoms with Crippen LogP contribution in [0.15, 0.2) is 42.6 Å². The fourth-order valence-electron chi connectivity index (χ4n) is 4.85. The summed E-state index contributed by atoms with van der Waals surface area (Å²) in [6, 6.07) is 11.7. The van der Waals surface area contributed by atoms with Gasteiger partial charge in [0.2, 0.25) is 5.95 Å². The predicted octanol–water partition coefficient (Wildman–Crippen LogP) is 2.34. The first-order valence-corrected chi connectivity index (χ1v) is 11.8. The van der Waals surface area contributed by atoms with E-state index in [9.17, 15) is 4.79 Å². The van der Waals surface area contributed by atoms with Gasteiger partial charge in [0.05, 0.1) is 23.4 Å². The third-order valence-electron chi connectivity index (χ3n) is 6.54. The molecule has 2 fully saturated rings. The van der Waals surface area contributed by atoms with Crippen molar-refractivity contribution >= 4 is 22.8 Å². The first kappa shape index (κ1) is 21.7. The number of benzene rings is 1. The Balaban J connectivity index is 1.32. The van der Waals surface area contributed by atoms with Crippen molar-refractivity contribution in [2.75, 3.05) is 44.2 Å². The molecule has 2 aromatic heterocycles. The highest BCUT2D eigenvalue weighted by atomic mass is 16.3. The number of aliphatic hydroxyl groups is 1. The van der Waals surface area contributed by atoms with Gasteiger partial charge in [-0.1, -0.05) is 18.2 Å². The molecule has 4 heterocycles. The number of carbonyl (C=O) groups excluding carboxylic acids is 1. The van der Waals surface area contributed by atoms with Crippen LogP contribution in [0.25, 0.3) is 10.9 Å². The van der Waals surface area contributed by atoms with Crippen LogP contribution in [0.5, 0.6) is 0 Å². The number of pyridine rings is 1. The van der Waals surface area contributed by atoms with E-state index in [0.29, 0.717) is 5.56 Å². The number of hydrogen-bond acceptors (Lipinski definition) is 7. The molecule has 8 heteroatoms. The summed E-state index contributed by atoms with van der Waals surface area (Å²) >= 11 is 0. The molecule has 5 rings (SSSR count). The molecule has 172 valence electrons. The highest BCUT2D eigenvalue weighted by Gasteiger charge is 2.27. The Labute approximate surface area is 193 Å². The Morgan fingerprint density at radius 3 is 2.82 bits per heavy atom. The lowest BCUT2D eigenvalue weighted by atomic mass is 9.99. The topological polar surface area (TPSA) is 94.5 Å². The lowest BCUT2D eigenvalue weighted by Gasteiger charge is -2.19. The van der Waals surface area contributed by atoms with Gasteiger partial charge in [-0.15, -0.1) is 0 Å². The van der Waals surface area contributed by atoms with Gasteiger partial charge in [0.25, 0.3) is 5.91 Å². The maximum Gasteiger partial charge on any atom is 0.252 e. The molecule has 1 aromatic carbocycles. The van der Waals surface area contributed by atoms with E-state index in [1.54, 1.807) is 0 Å². The van der Waals surface area contributed by atoms with Crippen molar-refractivity contribution in [3.05, 3.63) is 59.5 Å². The van der Waals surface area contributed by atoms with E-state index in [0.717, 1.165) is 67.4 Å². The van der Waals surface area contributed by atoms with Gasteiger partial charge in [-0.05, 0) is 44.0 Å². The van der Waals surface area contributed by atoms with Crippen molar-refractivity contribution in [1.29, 1.82) is 0 Å². The van der Waals surface area contributed by atoms with E-state index in [-0.39, 0.29) is 25.0 Å². The lowest BCUT2D eigenvalue weighted by Crippen LogP contribution is -2.27. The number of rotatable bonds is 7. The second kappa shape index (κ2) is 9.80. The number of anilines is 1. The van der Waals surface area contributed by atoms with Crippen molar-refractivity contribution in [3.63, 3.8) is 0 Å². The first-order chi connectivity index (χ1) is 16.2. The molecule has 33 heavy (non-hydrogen) atoms. The molecule has 0 unspecified atom stereocenters. The zero-order valence-corrected chi connectivity index (χ0v) is 18.8. The minimum atomic E-state index is -0.172. The molecule has 2 aliphatic heterocycles. The Morgan fingerprint density at radius 2 is 1.97 bits per heavy atom. The number of fused-ring (bicyclic) bond motifs is 1. The summed E-state index contributed by atoms with van der Waals surface area (Å²) < 4.78 is 0. The second-order valence-electron chi connectivity index (χ2n) is 8.85. The molecule has 0 radical (unpaired) electrons. The van der Waals surface area contributed by atoms with E-state index in [4.69, 9.17) is 15.1 Å². The van der Waals surface area contributed by atoms with Crippen LogP contribution >= 0.6 is 0 Å². The molecule has 0 aliphatic carbocycles. The van der Waals surface area contributed by atoms with Gasteiger partial charge >= 0.3 is 0 Å². The molecular formula is C25H30N6O2. The van der Waals surface area contributed by atoms with Gasteiger partial charge in [-0.3, -0.25) is 14.7 Å². The fraction of sp³-hybridized carbons (Fsp3) is 0.440. The van der Waals surface area contributed by atoms with Crippen LogP contribution in [0.2, 0.25) is 0 Å². The smallest absolute Gasteiger partial charge is 0.252 e. The van der Waals surface area contributed by atoms with E-state index in [2.05, 4.69) is 20.1 Å². The Kier molecular flexibility index (Phi) is 6.46. The molecule has 2 N–H and O–H groups in total. The number of aliphatic hydroxyl groups excluding tert-OH is 1. The Hall–Kier alpha value is -3.10. The number of nitrogens with one attached hydrogen (secondary N) is 1. The fourth-order valence-corrected chi connectivity index (χ4v) is 4.85. The normalized spacial score (nSPS) is 18.8. The van der Waals surface area contributed by atoms with Gasteiger partial charge in [0, 0.05) is 55.9 Å². The van der Waals surface area contributed by atoms with Gasteiger partial charge in [0.15, 0.2) is 0 Å². The Morgan fingerprint density at radius 1 is 1.12 bits per heavy atom. The quantitative estimate of drug-likeness (QED) is 0.575. The Bertz CT molecular complexity index is 1130. The summed E-state index contributed by atoms with van der Waals surface area (Å²) in [6.45, 7) is 4.87. The first-order valence-electron chi connectivity index (χ1n) is 11.8. The predicted molar refractivity (Wildman–Crippen MR) is 127 cm³/mol. The van der Waals surface area contributed by atoms with Crippen LogP contribution in [0.3, 0.4) is 0 Å². The molecule has 2 saturated heterocycles. The monoisotopic (exact) mass is 446 g/mol. The lowest BCUT2D eigenvalue weighted by molar-refractivity contribution is 0.0946. The van der Waals surface area contributed by atoms with Crippen molar-refractivity contribution in [3.8, 4) is 0 Å². The SMILES string of the molecule is O=C(NCCO)c1cc([C@H]2CCN(Cc3ccnc(N4CCCC4)n3)C2)nc2ccccc12. The van der Waals surface area contributed by atoms with Crippen molar-refractivity contribution in [2.45, 2.75) is 31.7 Å². The minimum absolute atomic E-state index is 0.0816. The average molecular weight is 447 g/mol. The molecule has 8 nitrogen and oxygen atoms in total. The molecule has 1 amide bonds. The number of nitrogens with zero attached hydrogens (tertiary/aromatic N) is 5. The van der Waals surface area contributed by atoms with Crippen molar-refractivity contribution < 1.29 is 9.90 Å². The van der Waals surface area contributed by atoms with Crippen LogP contribution in [-0.4, -0.2) is 70.2 Å². The summed E-state index contributed by atoms with van der Waals surface area (Å²) in [5.41, 5.74) is 3.44. The number of hydrogen-bond donors (Lipinski definition) is 2. The van der Waals surface area contributed by atoms with Crippen molar-refractivity contribution in [2.24, 2.45) is 0 Å². The van der Waals surface area contributed by atoms with Crippen LogP contribution in [0.1, 0.15) is 46.9 Å². The highest BCUT2D eigenvalue weighted by molar-refractivity contribution is 6.06. The number of aromatic nitrogens is 3. The highest BCUT2D eigenvalue weighted by Crippen LogP contribution is 2.30. The van der Waals surface area contributed by atoms with E-state index in [1.807, 2.05) is 42.6 Å². The van der Waals surface area contributed by atoms with E-state index >= 15 is 0 Å². The number of carbonyl (C=O) groups is 1. The van der Waals surface area contributed by atoms with Crippen molar-refractivity contribution in [1.82, 2.24) is 25.2 Å². The summed E-state index contributed by atoms with van der Waals surface area (Å²) in [5, 5.41) is 12.7. The minimum Gasteiger partial charge on any atom is -0.395 e. The summed E-state index contributed by atoms with van der Waals surface area (Å²) in [4.78, 5) is 31.6. The van der Waals surface area contributed by atoms with Gasteiger partial charge < -0.3 is 15.3 Å². The van der Waals surface area contributed by atoms with E-state index < -0.39 is 0 Å². The molecule has 0 spiro atoms. The standard InChI is InChI=1S/C25H30N6O2/c32-14-10-26-24(33)21-15-23(29-22-6-2-1-5-20(21)22)18-8-13-30(16-18)17-19-7-9-27-25(28-19)31-11-3-4-12-31/h1-2,5-7,9,15,18,32H,3-4,8,10-14,16-17H2,(H,26,33)/t18-/m0/s1. The van der Waals surface area contributed by atoms with E-state index in [1.165, 1.54) is 12.8 Å². The van der Waals surface area contributed by atoms with Crippen LogP contribution in [0.4, 0.5) is 5.95 Å². The summed E-state index contributed by atoms with van der Waals surface area (Å²) in [7, 11) is 0. The third kappa shape index (κ3) is 4.82. The third-order valence-corrected chi connectivity index (χ3v) is 6.54. The number of likely N-dealkylation sites (tertiary alicyclic amines) is 1. The van der Waals surface area contributed by atoms with Crippen LogP contribution in [-0.2, 0) is 6.54 Å². The summed E-state index contributed by atoms with van der Waals surface area (Å²) in [6.07, 6.45) is 5.28. The van der Waals surface area contributed by atoms with Gasteiger partial charge in [0.1, 0.15) is 0 Å². The maximum atomic E-state index is 12.8. The van der Waals surface area contributed by atoms with Gasteiger partial charge in [-0.2, -0.15) is 0 Å². The molecule has 0 bridgehead atoms.